The average Bonchev–Trinajstić information content (AvgIpc) is 3.46. The number of nitrogens with zero attached hydrogens (tertiary/aromatic N) is 2. The van der Waals surface area contributed by atoms with E-state index in [1.165, 1.54) is 11.6 Å². The summed E-state index contributed by atoms with van der Waals surface area (Å²) in [5.41, 5.74) is 4.54. The fourth-order valence-electron chi connectivity index (χ4n) is 4.24. The first kappa shape index (κ1) is 20.2. The summed E-state index contributed by atoms with van der Waals surface area (Å²) in [6.07, 6.45) is 2.63. The number of urea groups is 1. The van der Waals surface area contributed by atoms with Crippen LogP contribution in [0.4, 0.5) is 14.9 Å². The molecule has 0 saturated carbocycles. The fraction of sp³-hybridized carbons (Fsp3) is 0.231. The van der Waals surface area contributed by atoms with Gasteiger partial charge in [-0.1, -0.05) is 43.3 Å². The van der Waals surface area contributed by atoms with E-state index >= 15 is 0 Å². The summed E-state index contributed by atoms with van der Waals surface area (Å²) in [6.45, 7) is 2.74. The Morgan fingerprint density at radius 3 is 2.75 bits per heavy atom. The van der Waals surface area contributed by atoms with E-state index in [4.69, 9.17) is 4.42 Å². The van der Waals surface area contributed by atoms with Crippen LogP contribution in [0.5, 0.6) is 0 Å². The van der Waals surface area contributed by atoms with Crippen LogP contribution in [0.3, 0.4) is 0 Å². The number of benzene rings is 3. The Labute approximate surface area is 185 Å². The Hall–Kier alpha value is -3.67. The molecule has 3 aromatic carbocycles. The lowest BCUT2D eigenvalue weighted by atomic mass is 10.0. The largest absolute Gasteiger partial charge is 0.438 e. The first-order chi connectivity index (χ1) is 15.6. The molecule has 0 aliphatic carbocycles. The van der Waals surface area contributed by atoms with Crippen molar-refractivity contribution in [3.05, 3.63) is 84.0 Å². The molecule has 1 aliphatic heterocycles. The first-order valence-corrected chi connectivity index (χ1v) is 10.9. The van der Waals surface area contributed by atoms with Crippen LogP contribution in [-0.4, -0.2) is 22.5 Å². The number of nitrogens with one attached hydrogen (secondary N) is 1. The lowest BCUT2D eigenvalue weighted by Crippen LogP contribution is -2.34. The van der Waals surface area contributed by atoms with Gasteiger partial charge in [0.15, 0.2) is 5.58 Å². The second-order valence-electron chi connectivity index (χ2n) is 8.05. The molecule has 2 heterocycles. The van der Waals surface area contributed by atoms with Gasteiger partial charge in [-0.15, -0.1) is 0 Å². The molecule has 0 bridgehead atoms. The summed E-state index contributed by atoms with van der Waals surface area (Å²) in [5.74, 6) is 0.237. The second-order valence-corrected chi connectivity index (χ2v) is 8.05. The Morgan fingerprint density at radius 1 is 1.16 bits per heavy atom. The molecule has 5 nitrogen and oxygen atoms in total. The first-order valence-electron chi connectivity index (χ1n) is 10.9. The predicted molar refractivity (Wildman–Crippen MR) is 123 cm³/mol. The minimum Gasteiger partial charge on any atom is -0.438 e. The SMILES string of the molecule is CCc1ccc(NC(=O)N2CCCC2c2nc3cc(-c4ccccc4F)ccc3o2)cc1. The number of carbonyl (C=O) groups is 1. The van der Waals surface area contributed by atoms with Gasteiger partial charge in [-0.05, 0) is 60.7 Å². The number of oxazole rings is 1. The minimum absolute atomic E-state index is 0.161. The Kier molecular flexibility index (Phi) is 5.35. The zero-order valence-electron chi connectivity index (χ0n) is 17.8. The van der Waals surface area contributed by atoms with Crippen LogP contribution in [0.1, 0.15) is 37.3 Å². The Morgan fingerprint density at radius 2 is 1.97 bits per heavy atom. The summed E-state index contributed by atoms with van der Waals surface area (Å²) >= 11 is 0. The third-order valence-corrected chi connectivity index (χ3v) is 6.00. The van der Waals surface area contributed by atoms with E-state index in [1.807, 2.05) is 48.5 Å². The van der Waals surface area contributed by atoms with Crippen LogP contribution in [0.2, 0.25) is 0 Å². The summed E-state index contributed by atoms with van der Waals surface area (Å²) in [4.78, 5) is 19.4. The number of rotatable bonds is 4. The molecular formula is C26H24FN3O2. The van der Waals surface area contributed by atoms with Gasteiger partial charge >= 0.3 is 6.03 Å². The molecule has 0 spiro atoms. The van der Waals surface area contributed by atoms with Crippen molar-refractivity contribution in [2.45, 2.75) is 32.2 Å². The molecular weight excluding hydrogens is 405 g/mol. The number of aryl methyl sites for hydroxylation is 1. The van der Waals surface area contributed by atoms with E-state index in [0.717, 1.165) is 30.5 Å². The van der Waals surface area contributed by atoms with Crippen LogP contribution < -0.4 is 5.32 Å². The molecule has 6 heteroatoms. The maximum absolute atomic E-state index is 14.2. The van der Waals surface area contributed by atoms with Gasteiger partial charge in [-0.25, -0.2) is 14.2 Å². The van der Waals surface area contributed by atoms with Crippen molar-refractivity contribution in [1.82, 2.24) is 9.88 Å². The number of fused-ring (bicyclic) bond motifs is 1. The van der Waals surface area contributed by atoms with E-state index in [2.05, 4.69) is 17.2 Å². The number of hydrogen-bond donors (Lipinski definition) is 1. The summed E-state index contributed by atoms with van der Waals surface area (Å²) in [5, 5.41) is 2.98. The minimum atomic E-state index is -0.277. The monoisotopic (exact) mass is 429 g/mol. The molecule has 162 valence electrons. The lowest BCUT2D eigenvalue weighted by Gasteiger charge is -2.22. The molecule has 1 atom stereocenters. The standard InChI is InChI=1S/C26H24FN3O2/c1-2-17-9-12-19(13-10-17)28-26(31)30-15-5-8-23(30)25-29-22-16-18(11-14-24(22)32-25)20-6-3-4-7-21(20)27/h3-4,6-7,9-14,16,23H,2,5,8,15H2,1H3,(H,28,31). The molecule has 1 N–H and O–H groups in total. The molecule has 1 saturated heterocycles. The van der Waals surface area contributed by atoms with Crippen molar-refractivity contribution in [2.75, 3.05) is 11.9 Å². The van der Waals surface area contributed by atoms with Crippen molar-refractivity contribution in [3.63, 3.8) is 0 Å². The summed E-state index contributed by atoms with van der Waals surface area (Å²) in [6, 6.07) is 19.6. The number of amides is 2. The van der Waals surface area contributed by atoms with E-state index in [1.54, 1.807) is 17.0 Å². The van der Waals surface area contributed by atoms with Crippen molar-refractivity contribution < 1.29 is 13.6 Å². The Bertz CT molecular complexity index is 1270. The van der Waals surface area contributed by atoms with Crippen LogP contribution in [0.25, 0.3) is 22.2 Å². The van der Waals surface area contributed by atoms with E-state index in [9.17, 15) is 9.18 Å². The van der Waals surface area contributed by atoms with Crippen molar-refractivity contribution in [3.8, 4) is 11.1 Å². The second kappa shape index (κ2) is 8.46. The number of likely N-dealkylation sites (tertiary alicyclic amines) is 1. The van der Waals surface area contributed by atoms with Gasteiger partial charge < -0.3 is 14.6 Å². The summed E-state index contributed by atoms with van der Waals surface area (Å²) < 4.78 is 20.2. The quantitative estimate of drug-likeness (QED) is 0.399. The molecule has 4 aromatic rings. The number of halogens is 1. The van der Waals surface area contributed by atoms with Crippen LogP contribution >= 0.6 is 0 Å². The van der Waals surface area contributed by atoms with Gasteiger partial charge in [0.1, 0.15) is 17.4 Å². The van der Waals surface area contributed by atoms with Crippen LogP contribution in [0.15, 0.2) is 71.1 Å². The third-order valence-electron chi connectivity index (χ3n) is 6.00. The molecule has 1 aliphatic rings. The van der Waals surface area contributed by atoms with Crippen LogP contribution in [-0.2, 0) is 6.42 Å². The molecule has 1 unspecified atom stereocenters. The highest BCUT2D eigenvalue weighted by Crippen LogP contribution is 2.35. The normalized spacial score (nSPS) is 15.9. The zero-order valence-corrected chi connectivity index (χ0v) is 17.8. The molecule has 0 radical (unpaired) electrons. The maximum Gasteiger partial charge on any atom is 0.322 e. The van der Waals surface area contributed by atoms with Gasteiger partial charge in [0.25, 0.3) is 0 Å². The van der Waals surface area contributed by atoms with E-state index < -0.39 is 0 Å². The van der Waals surface area contributed by atoms with Crippen LogP contribution in [0, 0.1) is 5.82 Å². The third kappa shape index (κ3) is 3.84. The highest BCUT2D eigenvalue weighted by molar-refractivity contribution is 5.90. The van der Waals surface area contributed by atoms with Gasteiger partial charge in [-0.3, -0.25) is 0 Å². The lowest BCUT2D eigenvalue weighted by molar-refractivity contribution is 0.199. The molecule has 5 rings (SSSR count). The molecule has 1 fully saturated rings. The highest BCUT2D eigenvalue weighted by atomic mass is 19.1. The Balaban J connectivity index is 1.38. The fourth-order valence-corrected chi connectivity index (χ4v) is 4.24. The number of aromatic nitrogens is 1. The van der Waals surface area contributed by atoms with Crippen molar-refractivity contribution >= 4 is 22.8 Å². The van der Waals surface area contributed by atoms with Crippen molar-refractivity contribution in [2.24, 2.45) is 0 Å². The van der Waals surface area contributed by atoms with Gasteiger partial charge in [0.05, 0.1) is 0 Å². The topological polar surface area (TPSA) is 58.4 Å². The van der Waals surface area contributed by atoms with Gasteiger partial charge in [0.2, 0.25) is 5.89 Å². The number of carbonyl (C=O) groups excluding carboxylic acids is 1. The summed E-state index contributed by atoms with van der Waals surface area (Å²) in [7, 11) is 0. The highest BCUT2D eigenvalue weighted by Gasteiger charge is 2.33. The van der Waals surface area contributed by atoms with E-state index in [0.29, 0.717) is 29.1 Å². The van der Waals surface area contributed by atoms with Crippen molar-refractivity contribution in [1.29, 1.82) is 0 Å². The zero-order chi connectivity index (χ0) is 22.1. The maximum atomic E-state index is 14.2. The predicted octanol–water partition coefficient (Wildman–Crippen LogP) is 6.57. The number of anilines is 1. The van der Waals surface area contributed by atoms with Gasteiger partial charge in [-0.2, -0.15) is 0 Å². The average molecular weight is 429 g/mol. The molecule has 2 amide bonds. The molecule has 32 heavy (non-hydrogen) atoms. The van der Waals surface area contributed by atoms with E-state index in [-0.39, 0.29) is 17.9 Å². The number of hydrogen-bond acceptors (Lipinski definition) is 3. The van der Waals surface area contributed by atoms with Gasteiger partial charge in [0, 0.05) is 17.8 Å². The smallest absolute Gasteiger partial charge is 0.322 e. The molecule has 1 aromatic heterocycles.